The van der Waals surface area contributed by atoms with E-state index in [1.54, 1.807) is 6.08 Å². The fourth-order valence-corrected chi connectivity index (χ4v) is 2.65. The molecule has 0 aliphatic heterocycles. The minimum atomic E-state index is -0.0659. The van der Waals surface area contributed by atoms with Gasteiger partial charge in [0.2, 0.25) is 5.91 Å². The molecule has 0 fully saturated rings. The monoisotopic (exact) mass is 323 g/mol. The normalized spacial score (nSPS) is 11.1. The van der Waals surface area contributed by atoms with E-state index < -0.39 is 0 Å². The van der Waals surface area contributed by atoms with E-state index >= 15 is 0 Å². The van der Waals surface area contributed by atoms with E-state index in [0.717, 1.165) is 25.2 Å². The maximum absolute atomic E-state index is 12.0. The van der Waals surface area contributed by atoms with E-state index in [9.17, 15) is 4.79 Å². The molecule has 0 unspecified atom stereocenters. The SMILES string of the molecule is CC[NH+](CC)Cc1ccccc1CNC(=O)/C=C/c1ccccc1. The van der Waals surface area contributed by atoms with Crippen molar-refractivity contribution in [3.63, 3.8) is 0 Å². The summed E-state index contributed by atoms with van der Waals surface area (Å²) in [5.41, 5.74) is 3.53. The van der Waals surface area contributed by atoms with Crippen LogP contribution in [0, 0.1) is 0 Å². The molecule has 2 rings (SSSR count). The minimum absolute atomic E-state index is 0.0659. The van der Waals surface area contributed by atoms with Gasteiger partial charge < -0.3 is 10.2 Å². The summed E-state index contributed by atoms with van der Waals surface area (Å²) in [5, 5.41) is 2.98. The molecule has 0 saturated heterocycles. The van der Waals surface area contributed by atoms with E-state index in [2.05, 4.69) is 37.4 Å². The minimum Gasteiger partial charge on any atom is -0.348 e. The molecule has 1 amide bonds. The Bertz CT molecular complexity index is 661. The van der Waals surface area contributed by atoms with Crippen LogP contribution in [0.15, 0.2) is 60.7 Å². The first-order chi connectivity index (χ1) is 11.7. The van der Waals surface area contributed by atoms with Gasteiger partial charge >= 0.3 is 0 Å². The van der Waals surface area contributed by atoms with Gasteiger partial charge in [-0.25, -0.2) is 0 Å². The van der Waals surface area contributed by atoms with E-state index in [0.29, 0.717) is 6.54 Å². The van der Waals surface area contributed by atoms with Crippen molar-refractivity contribution in [2.45, 2.75) is 26.9 Å². The molecule has 0 radical (unpaired) electrons. The summed E-state index contributed by atoms with van der Waals surface area (Å²) >= 11 is 0. The van der Waals surface area contributed by atoms with Crippen LogP contribution in [0.4, 0.5) is 0 Å². The molecule has 126 valence electrons. The van der Waals surface area contributed by atoms with Gasteiger partial charge in [-0.1, -0.05) is 54.6 Å². The second-order valence-electron chi connectivity index (χ2n) is 5.86. The summed E-state index contributed by atoms with van der Waals surface area (Å²) in [4.78, 5) is 13.6. The average Bonchev–Trinajstić information content (AvgIpc) is 2.64. The van der Waals surface area contributed by atoms with Crippen molar-refractivity contribution in [3.8, 4) is 0 Å². The molecule has 24 heavy (non-hydrogen) atoms. The number of carbonyl (C=O) groups is 1. The highest BCUT2D eigenvalue weighted by molar-refractivity contribution is 5.91. The first kappa shape index (κ1) is 18.0. The van der Waals surface area contributed by atoms with Crippen LogP contribution in [0.1, 0.15) is 30.5 Å². The maximum atomic E-state index is 12.0. The summed E-state index contributed by atoms with van der Waals surface area (Å²) in [5.74, 6) is -0.0659. The second kappa shape index (κ2) is 9.68. The van der Waals surface area contributed by atoms with Crippen LogP contribution < -0.4 is 10.2 Å². The number of rotatable bonds is 8. The van der Waals surface area contributed by atoms with Crippen LogP contribution in [-0.2, 0) is 17.9 Å². The van der Waals surface area contributed by atoms with Crippen molar-refractivity contribution in [2.75, 3.05) is 13.1 Å². The Labute approximate surface area is 145 Å². The molecule has 0 atom stereocenters. The number of hydrogen-bond acceptors (Lipinski definition) is 1. The van der Waals surface area contributed by atoms with E-state index in [1.807, 2.05) is 42.5 Å². The predicted octanol–water partition coefficient (Wildman–Crippen LogP) is 2.44. The largest absolute Gasteiger partial charge is 0.348 e. The fraction of sp³-hybridized carbons (Fsp3) is 0.286. The Balaban J connectivity index is 1.94. The number of hydrogen-bond donors (Lipinski definition) is 2. The van der Waals surface area contributed by atoms with E-state index in [4.69, 9.17) is 0 Å². The maximum Gasteiger partial charge on any atom is 0.244 e. The van der Waals surface area contributed by atoms with Crippen molar-refractivity contribution in [3.05, 3.63) is 77.4 Å². The molecule has 0 aromatic heterocycles. The van der Waals surface area contributed by atoms with Gasteiger partial charge in [-0.3, -0.25) is 4.79 Å². The molecule has 2 aromatic carbocycles. The fourth-order valence-electron chi connectivity index (χ4n) is 2.65. The van der Waals surface area contributed by atoms with Gasteiger partial charge in [0.15, 0.2) is 0 Å². The van der Waals surface area contributed by atoms with Crippen molar-refractivity contribution in [1.29, 1.82) is 0 Å². The van der Waals surface area contributed by atoms with Gasteiger partial charge in [0.05, 0.1) is 13.1 Å². The quantitative estimate of drug-likeness (QED) is 0.719. The smallest absolute Gasteiger partial charge is 0.244 e. The standard InChI is InChI=1S/C21H26N2O/c1-3-23(4-2)17-20-13-9-8-12-19(20)16-22-21(24)15-14-18-10-6-5-7-11-18/h5-15H,3-4,16-17H2,1-2H3,(H,22,24)/p+1/b15-14+. The number of amides is 1. The van der Waals surface area contributed by atoms with Crippen LogP contribution in [0.5, 0.6) is 0 Å². The van der Waals surface area contributed by atoms with Gasteiger partial charge in [0, 0.05) is 18.2 Å². The first-order valence-corrected chi connectivity index (χ1v) is 8.64. The molecule has 2 aromatic rings. The average molecular weight is 323 g/mol. The molecule has 0 aliphatic carbocycles. The molecule has 0 aliphatic rings. The molecule has 0 saturated carbocycles. The summed E-state index contributed by atoms with van der Waals surface area (Å²) in [6.45, 7) is 8.19. The molecule has 3 heteroatoms. The number of benzene rings is 2. The molecular formula is C21H27N2O+. The molecule has 0 spiro atoms. The van der Waals surface area contributed by atoms with E-state index in [-0.39, 0.29) is 5.91 Å². The third kappa shape index (κ3) is 5.67. The Morgan fingerprint density at radius 1 is 0.958 bits per heavy atom. The van der Waals surface area contributed by atoms with Crippen LogP contribution in [0.2, 0.25) is 0 Å². The van der Waals surface area contributed by atoms with Crippen LogP contribution >= 0.6 is 0 Å². The second-order valence-corrected chi connectivity index (χ2v) is 5.86. The van der Waals surface area contributed by atoms with Crippen LogP contribution in [-0.4, -0.2) is 19.0 Å². The predicted molar refractivity (Wildman–Crippen MR) is 99.5 cm³/mol. The molecule has 0 heterocycles. The summed E-state index contributed by atoms with van der Waals surface area (Å²) in [7, 11) is 0. The highest BCUT2D eigenvalue weighted by Gasteiger charge is 2.09. The van der Waals surface area contributed by atoms with Crippen molar-refractivity contribution >= 4 is 12.0 Å². The van der Waals surface area contributed by atoms with Crippen molar-refractivity contribution in [2.24, 2.45) is 0 Å². The molecular weight excluding hydrogens is 296 g/mol. The lowest BCUT2D eigenvalue weighted by atomic mass is 10.1. The highest BCUT2D eigenvalue weighted by atomic mass is 16.1. The van der Waals surface area contributed by atoms with Gasteiger partial charge in [-0.15, -0.1) is 0 Å². The summed E-state index contributed by atoms with van der Waals surface area (Å²) in [6.07, 6.45) is 3.43. The third-order valence-corrected chi connectivity index (χ3v) is 4.24. The molecule has 2 N–H and O–H groups in total. The van der Waals surface area contributed by atoms with Crippen LogP contribution in [0.3, 0.4) is 0 Å². The Morgan fingerprint density at radius 2 is 1.58 bits per heavy atom. The van der Waals surface area contributed by atoms with E-state index in [1.165, 1.54) is 16.0 Å². The third-order valence-electron chi connectivity index (χ3n) is 4.24. The zero-order valence-electron chi connectivity index (χ0n) is 14.6. The topological polar surface area (TPSA) is 33.5 Å². The lowest BCUT2D eigenvalue weighted by Gasteiger charge is -2.17. The zero-order valence-corrected chi connectivity index (χ0v) is 14.6. The molecule has 3 nitrogen and oxygen atoms in total. The summed E-state index contributed by atoms with van der Waals surface area (Å²) < 4.78 is 0. The number of nitrogens with one attached hydrogen (secondary N) is 2. The van der Waals surface area contributed by atoms with Crippen molar-refractivity contribution in [1.82, 2.24) is 5.32 Å². The summed E-state index contributed by atoms with van der Waals surface area (Å²) in [6, 6.07) is 18.2. The number of carbonyl (C=O) groups excluding carboxylic acids is 1. The Kier molecular flexibility index (Phi) is 7.24. The van der Waals surface area contributed by atoms with Gasteiger partial charge in [-0.2, -0.15) is 0 Å². The lowest BCUT2D eigenvalue weighted by Crippen LogP contribution is -3.10. The Hall–Kier alpha value is -2.39. The highest BCUT2D eigenvalue weighted by Crippen LogP contribution is 2.07. The van der Waals surface area contributed by atoms with Crippen LogP contribution in [0.25, 0.3) is 6.08 Å². The lowest BCUT2D eigenvalue weighted by molar-refractivity contribution is -0.910. The number of quaternary nitrogens is 1. The van der Waals surface area contributed by atoms with Gasteiger partial charge in [-0.05, 0) is 31.1 Å². The van der Waals surface area contributed by atoms with Gasteiger partial charge in [0.25, 0.3) is 0 Å². The van der Waals surface area contributed by atoms with Gasteiger partial charge in [0.1, 0.15) is 6.54 Å². The zero-order chi connectivity index (χ0) is 17.2. The molecule has 0 bridgehead atoms. The van der Waals surface area contributed by atoms with Crippen molar-refractivity contribution < 1.29 is 9.69 Å². The first-order valence-electron chi connectivity index (χ1n) is 8.64. The Morgan fingerprint density at radius 3 is 2.25 bits per heavy atom.